The van der Waals surface area contributed by atoms with Crippen LogP contribution in [0.15, 0.2) is 29.5 Å². The average Bonchev–Trinajstić information content (AvgIpc) is 2.56. The Morgan fingerprint density at radius 2 is 1.92 bits per heavy atom. The molecule has 0 bridgehead atoms. The smallest absolute Gasteiger partial charge is 0.337 e. The van der Waals surface area contributed by atoms with Crippen molar-refractivity contribution in [3.63, 3.8) is 0 Å². The lowest BCUT2D eigenvalue weighted by molar-refractivity contribution is -0.305. The lowest BCUT2D eigenvalue weighted by Crippen LogP contribution is -2.48. The SMILES string of the molecule is COC(=O)C1=C(C)N(CCCC(=O)[O-])C(=O)N[C@H]1c1c(Cl)cccc1Cl. The molecule has 0 radical (unpaired) electrons. The van der Waals surface area contributed by atoms with Crippen LogP contribution in [-0.2, 0) is 14.3 Å². The molecule has 140 valence electrons. The molecule has 1 atom stereocenters. The first-order chi connectivity index (χ1) is 12.3. The largest absolute Gasteiger partial charge is 0.550 e. The molecule has 0 saturated heterocycles. The molecule has 0 saturated carbocycles. The number of rotatable bonds is 6. The molecule has 1 N–H and O–H groups in total. The predicted octanol–water partition coefficient (Wildman–Crippen LogP) is 2.04. The maximum Gasteiger partial charge on any atom is 0.337 e. The summed E-state index contributed by atoms with van der Waals surface area (Å²) in [5.74, 6) is -1.86. The highest BCUT2D eigenvalue weighted by atomic mass is 35.5. The molecule has 2 rings (SSSR count). The van der Waals surface area contributed by atoms with Gasteiger partial charge >= 0.3 is 12.0 Å². The minimum atomic E-state index is -1.21. The van der Waals surface area contributed by atoms with E-state index in [0.717, 1.165) is 0 Å². The zero-order valence-corrected chi connectivity index (χ0v) is 15.7. The number of allylic oxidation sites excluding steroid dienone is 1. The van der Waals surface area contributed by atoms with Gasteiger partial charge in [-0.05, 0) is 31.9 Å². The second-order valence-corrected chi connectivity index (χ2v) is 6.45. The van der Waals surface area contributed by atoms with Gasteiger partial charge in [-0.2, -0.15) is 0 Å². The Morgan fingerprint density at radius 1 is 1.31 bits per heavy atom. The number of hydrogen-bond donors (Lipinski definition) is 1. The fourth-order valence-corrected chi connectivity index (χ4v) is 3.43. The minimum absolute atomic E-state index is 0.106. The molecule has 9 heteroatoms. The first-order valence-corrected chi connectivity index (χ1v) is 8.54. The van der Waals surface area contributed by atoms with Gasteiger partial charge in [0.05, 0.1) is 18.7 Å². The number of ether oxygens (including phenoxy) is 1. The number of esters is 1. The minimum Gasteiger partial charge on any atom is -0.550 e. The molecule has 0 spiro atoms. The fourth-order valence-electron chi connectivity index (χ4n) is 2.81. The molecule has 1 aliphatic heterocycles. The van der Waals surface area contributed by atoms with Gasteiger partial charge in [-0.1, -0.05) is 29.3 Å². The van der Waals surface area contributed by atoms with E-state index in [1.54, 1.807) is 25.1 Å². The summed E-state index contributed by atoms with van der Waals surface area (Å²) >= 11 is 12.5. The molecule has 1 aromatic rings. The van der Waals surface area contributed by atoms with Crippen LogP contribution in [0.25, 0.3) is 0 Å². The van der Waals surface area contributed by atoms with E-state index in [2.05, 4.69) is 5.32 Å². The summed E-state index contributed by atoms with van der Waals surface area (Å²) in [6.07, 6.45) is -0.0244. The number of nitrogens with zero attached hydrogens (tertiary/aromatic N) is 1. The number of aliphatic carboxylic acids is 1. The summed E-state index contributed by atoms with van der Waals surface area (Å²) in [7, 11) is 1.23. The summed E-state index contributed by atoms with van der Waals surface area (Å²) in [6.45, 7) is 1.69. The fraction of sp³-hybridized carbons (Fsp3) is 0.353. The molecule has 1 heterocycles. The van der Waals surface area contributed by atoms with Crippen molar-refractivity contribution in [1.29, 1.82) is 0 Å². The Morgan fingerprint density at radius 3 is 2.46 bits per heavy atom. The molecule has 0 unspecified atom stereocenters. The zero-order valence-electron chi connectivity index (χ0n) is 14.2. The number of amides is 2. The third-order valence-electron chi connectivity index (χ3n) is 4.05. The van der Waals surface area contributed by atoms with E-state index >= 15 is 0 Å². The van der Waals surface area contributed by atoms with E-state index in [0.29, 0.717) is 21.3 Å². The van der Waals surface area contributed by atoms with Crippen molar-refractivity contribution in [3.8, 4) is 0 Å². The van der Waals surface area contributed by atoms with Crippen LogP contribution in [0.5, 0.6) is 0 Å². The topological polar surface area (TPSA) is 98.8 Å². The third-order valence-corrected chi connectivity index (χ3v) is 4.71. The van der Waals surface area contributed by atoms with Gasteiger partial charge in [-0.15, -0.1) is 0 Å². The number of carboxylic acid groups (broad SMARTS) is 1. The zero-order chi connectivity index (χ0) is 19.4. The van der Waals surface area contributed by atoms with Gasteiger partial charge in [0.2, 0.25) is 0 Å². The van der Waals surface area contributed by atoms with Crippen LogP contribution in [0, 0.1) is 0 Å². The average molecular weight is 400 g/mol. The Bertz CT molecular complexity index is 758. The second kappa shape index (κ2) is 8.42. The summed E-state index contributed by atoms with van der Waals surface area (Å²) < 4.78 is 4.85. The highest BCUT2D eigenvalue weighted by Gasteiger charge is 2.37. The molecular weight excluding hydrogens is 383 g/mol. The number of carboxylic acids is 1. The van der Waals surface area contributed by atoms with Crippen molar-refractivity contribution in [2.45, 2.75) is 25.8 Å². The van der Waals surface area contributed by atoms with Crippen molar-refractivity contribution in [3.05, 3.63) is 45.1 Å². The molecular formula is C17H17Cl2N2O5-. The van der Waals surface area contributed by atoms with E-state index in [9.17, 15) is 19.5 Å². The van der Waals surface area contributed by atoms with Gasteiger partial charge in [0.25, 0.3) is 0 Å². The van der Waals surface area contributed by atoms with Crippen LogP contribution in [0.2, 0.25) is 10.0 Å². The Kier molecular flexibility index (Phi) is 6.50. The van der Waals surface area contributed by atoms with E-state index in [-0.39, 0.29) is 25.0 Å². The van der Waals surface area contributed by atoms with Crippen molar-refractivity contribution < 1.29 is 24.2 Å². The lowest BCUT2D eigenvalue weighted by Gasteiger charge is -2.35. The van der Waals surface area contributed by atoms with Gasteiger partial charge in [-0.25, -0.2) is 9.59 Å². The van der Waals surface area contributed by atoms with E-state index in [1.807, 2.05) is 0 Å². The van der Waals surface area contributed by atoms with Crippen molar-refractivity contribution in [2.75, 3.05) is 13.7 Å². The van der Waals surface area contributed by atoms with Crippen LogP contribution < -0.4 is 10.4 Å². The number of methoxy groups -OCH3 is 1. The predicted molar refractivity (Wildman–Crippen MR) is 93.4 cm³/mol. The molecule has 2 amide bonds. The number of nitrogens with one attached hydrogen (secondary N) is 1. The highest BCUT2D eigenvalue weighted by molar-refractivity contribution is 6.36. The Balaban J connectivity index is 2.48. The van der Waals surface area contributed by atoms with E-state index in [4.69, 9.17) is 27.9 Å². The first-order valence-electron chi connectivity index (χ1n) is 7.78. The van der Waals surface area contributed by atoms with Crippen molar-refractivity contribution in [1.82, 2.24) is 10.2 Å². The normalized spacial score (nSPS) is 17.2. The van der Waals surface area contributed by atoms with Gasteiger partial charge < -0.3 is 20.0 Å². The van der Waals surface area contributed by atoms with Crippen LogP contribution in [0.1, 0.15) is 31.4 Å². The number of carbonyl (C=O) groups is 3. The molecule has 0 aliphatic carbocycles. The van der Waals surface area contributed by atoms with Crippen LogP contribution in [-0.4, -0.2) is 36.5 Å². The Labute approximate surface area is 160 Å². The lowest BCUT2D eigenvalue weighted by atomic mass is 9.94. The van der Waals surface area contributed by atoms with E-state index < -0.39 is 24.0 Å². The van der Waals surface area contributed by atoms with Gasteiger partial charge in [0.15, 0.2) is 0 Å². The van der Waals surface area contributed by atoms with Crippen LogP contribution in [0.4, 0.5) is 4.79 Å². The number of urea groups is 1. The quantitative estimate of drug-likeness (QED) is 0.737. The summed E-state index contributed by atoms with van der Waals surface area (Å²) in [5.41, 5.74) is 0.911. The molecule has 1 aromatic carbocycles. The number of benzene rings is 1. The van der Waals surface area contributed by atoms with Gasteiger partial charge in [-0.3, -0.25) is 4.90 Å². The maximum atomic E-state index is 12.5. The van der Waals surface area contributed by atoms with Crippen molar-refractivity contribution in [2.24, 2.45) is 0 Å². The standard InChI is InChI=1S/C17H18Cl2N2O5/c1-9-13(16(24)26-2)15(14-10(18)5-3-6-11(14)19)20-17(25)21(9)8-4-7-12(22)23/h3,5-6,15H,4,7-8H2,1-2H3,(H,20,25)(H,22,23)/p-1/t15-/m1/s1. The van der Waals surface area contributed by atoms with Crippen LogP contribution in [0.3, 0.4) is 0 Å². The molecule has 26 heavy (non-hydrogen) atoms. The Hall–Kier alpha value is -2.25. The van der Waals surface area contributed by atoms with E-state index in [1.165, 1.54) is 12.0 Å². The molecule has 1 aliphatic rings. The highest BCUT2D eigenvalue weighted by Crippen LogP contribution is 2.38. The van der Waals surface area contributed by atoms with Gasteiger partial charge in [0, 0.05) is 33.8 Å². The number of halogens is 2. The summed E-state index contributed by atoms with van der Waals surface area (Å²) in [5, 5.41) is 13.9. The second-order valence-electron chi connectivity index (χ2n) is 5.64. The van der Waals surface area contributed by atoms with Crippen LogP contribution >= 0.6 is 23.2 Å². The summed E-state index contributed by atoms with van der Waals surface area (Å²) in [4.78, 5) is 36.8. The first kappa shape index (κ1) is 20.1. The third kappa shape index (κ3) is 4.11. The number of hydrogen-bond acceptors (Lipinski definition) is 5. The van der Waals surface area contributed by atoms with Gasteiger partial charge in [0.1, 0.15) is 0 Å². The summed E-state index contributed by atoms with van der Waals surface area (Å²) in [6, 6.07) is 3.49. The molecule has 7 nitrogen and oxygen atoms in total. The molecule has 0 fully saturated rings. The molecule has 0 aromatic heterocycles. The maximum absolute atomic E-state index is 12.5. The number of carbonyl (C=O) groups excluding carboxylic acids is 3. The monoisotopic (exact) mass is 399 g/mol. The van der Waals surface area contributed by atoms with Crippen molar-refractivity contribution >= 4 is 41.2 Å².